The minimum atomic E-state index is -0.982. The van der Waals surface area contributed by atoms with Crippen LogP contribution in [0.1, 0.15) is 16.1 Å². The van der Waals surface area contributed by atoms with Crippen LogP contribution in [0.4, 0.5) is 0 Å². The largest absolute Gasteiger partial charge is 0.478 e. The van der Waals surface area contributed by atoms with E-state index in [1.54, 1.807) is 6.07 Å². The highest BCUT2D eigenvalue weighted by Gasteiger charge is 2.04. The third-order valence-electron chi connectivity index (χ3n) is 1.97. The van der Waals surface area contributed by atoms with Crippen LogP contribution in [0.25, 0.3) is 0 Å². The molecule has 2 rings (SSSR count). The number of carbonyl (C=O) groups is 1. The third-order valence-corrected chi connectivity index (χ3v) is 2.84. The minimum absolute atomic E-state index is 0.171. The summed E-state index contributed by atoms with van der Waals surface area (Å²) in [6.07, 6.45) is 1.33. The second-order valence-corrected chi connectivity index (χ2v) is 4.35. The lowest BCUT2D eigenvalue weighted by Gasteiger charge is -2.00. The van der Waals surface area contributed by atoms with Gasteiger partial charge in [-0.1, -0.05) is 0 Å². The van der Waals surface area contributed by atoms with E-state index in [0.29, 0.717) is 5.03 Å². The van der Waals surface area contributed by atoms with Crippen molar-refractivity contribution in [2.24, 2.45) is 0 Å². The molecule has 0 aliphatic rings. The van der Waals surface area contributed by atoms with E-state index < -0.39 is 5.97 Å². The molecule has 0 spiro atoms. The Hall–Kier alpha value is -1.95. The summed E-state index contributed by atoms with van der Waals surface area (Å²) in [6.45, 7) is 1.86. The highest BCUT2D eigenvalue weighted by molar-refractivity contribution is 7.99. The van der Waals surface area contributed by atoms with Crippen LogP contribution in [0.15, 0.2) is 40.5 Å². The number of pyridine rings is 1. The number of aromatic nitrogens is 3. The van der Waals surface area contributed by atoms with Crippen LogP contribution in [-0.2, 0) is 0 Å². The maximum Gasteiger partial charge on any atom is 0.337 e. The molecule has 86 valence electrons. The number of carboxylic acids is 1. The standard InChI is InChI=1S/C11H9N3O2S/c1-7-2-4-10(14-13-7)17-9-5-3-8(6-12-9)11(15)16/h2-6H,1H3,(H,15,16). The maximum atomic E-state index is 10.6. The Morgan fingerprint density at radius 2 is 1.94 bits per heavy atom. The van der Waals surface area contributed by atoms with Gasteiger partial charge in [0, 0.05) is 6.20 Å². The molecule has 0 saturated heterocycles. The fraction of sp³-hybridized carbons (Fsp3) is 0.0909. The first-order valence-corrected chi connectivity index (χ1v) is 5.64. The molecule has 0 saturated carbocycles. The summed E-state index contributed by atoms with van der Waals surface area (Å²) in [4.78, 5) is 14.7. The maximum absolute atomic E-state index is 10.6. The van der Waals surface area contributed by atoms with Crippen LogP contribution >= 0.6 is 11.8 Å². The molecule has 0 aliphatic heterocycles. The molecule has 6 heteroatoms. The van der Waals surface area contributed by atoms with Crippen LogP contribution in [0, 0.1) is 6.92 Å². The van der Waals surface area contributed by atoms with Crippen molar-refractivity contribution < 1.29 is 9.90 Å². The molecule has 0 atom stereocenters. The van der Waals surface area contributed by atoms with E-state index in [1.807, 2.05) is 19.1 Å². The Kier molecular flexibility index (Phi) is 3.34. The van der Waals surface area contributed by atoms with Gasteiger partial charge in [0.1, 0.15) is 10.1 Å². The van der Waals surface area contributed by atoms with Crippen molar-refractivity contribution in [1.82, 2.24) is 15.2 Å². The molecule has 1 N–H and O–H groups in total. The van der Waals surface area contributed by atoms with Crippen LogP contribution in [0.3, 0.4) is 0 Å². The van der Waals surface area contributed by atoms with E-state index in [9.17, 15) is 4.79 Å². The van der Waals surface area contributed by atoms with Gasteiger partial charge in [-0.25, -0.2) is 9.78 Å². The van der Waals surface area contributed by atoms with Crippen molar-refractivity contribution in [3.63, 3.8) is 0 Å². The first-order chi connectivity index (χ1) is 8.15. The van der Waals surface area contributed by atoms with Gasteiger partial charge in [0.05, 0.1) is 11.3 Å². The molecule has 0 bridgehead atoms. The zero-order valence-electron chi connectivity index (χ0n) is 8.99. The molecule has 5 nitrogen and oxygen atoms in total. The molecular formula is C11H9N3O2S. The number of aryl methyl sites for hydroxylation is 1. The SMILES string of the molecule is Cc1ccc(Sc2ccc(C(=O)O)cn2)nn1. The van der Waals surface area contributed by atoms with E-state index >= 15 is 0 Å². The molecule has 0 aromatic carbocycles. The van der Waals surface area contributed by atoms with E-state index in [4.69, 9.17) is 5.11 Å². The van der Waals surface area contributed by atoms with Gasteiger partial charge in [0.2, 0.25) is 0 Å². The second-order valence-electron chi connectivity index (χ2n) is 3.31. The fourth-order valence-electron chi connectivity index (χ4n) is 1.12. The molecule has 17 heavy (non-hydrogen) atoms. The summed E-state index contributed by atoms with van der Waals surface area (Å²) < 4.78 is 0. The zero-order chi connectivity index (χ0) is 12.3. The van der Waals surface area contributed by atoms with Crippen molar-refractivity contribution in [2.45, 2.75) is 17.0 Å². The normalized spacial score (nSPS) is 10.2. The highest BCUT2D eigenvalue weighted by Crippen LogP contribution is 2.23. The van der Waals surface area contributed by atoms with E-state index in [1.165, 1.54) is 24.0 Å². The lowest BCUT2D eigenvalue weighted by molar-refractivity contribution is 0.0696. The molecule has 2 heterocycles. The van der Waals surface area contributed by atoms with Gasteiger partial charge in [-0.15, -0.1) is 5.10 Å². The van der Waals surface area contributed by atoms with E-state index in [-0.39, 0.29) is 5.56 Å². The van der Waals surface area contributed by atoms with Gasteiger partial charge in [-0.3, -0.25) is 0 Å². The number of carboxylic acid groups (broad SMARTS) is 1. The smallest absolute Gasteiger partial charge is 0.337 e. The average Bonchev–Trinajstić information content (AvgIpc) is 2.33. The molecule has 0 aliphatic carbocycles. The van der Waals surface area contributed by atoms with Gasteiger partial charge in [-0.2, -0.15) is 5.10 Å². The first-order valence-electron chi connectivity index (χ1n) is 4.83. The quantitative estimate of drug-likeness (QED) is 0.894. The second kappa shape index (κ2) is 4.92. The molecular weight excluding hydrogens is 238 g/mol. The molecule has 0 radical (unpaired) electrons. The Morgan fingerprint density at radius 3 is 2.47 bits per heavy atom. The zero-order valence-corrected chi connectivity index (χ0v) is 9.81. The summed E-state index contributed by atoms with van der Waals surface area (Å²) in [5.74, 6) is -0.982. The lowest BCUT2D eigenvalue weighted by atomic mass is 10.3. The van der Waals surface area contributed by atoms with Gasteiger partial charge in [0.15, 0.2) is 0 Å². The highest BCUT2D eigenvalue weighted by atomic mass is 32.2. The molecule has 0 unspecified atom stereocenters. The minimum Gasteiger partial charge on any atom is -0.478 e. The van der Waals surface area contributed by atoms with Gasteiger partial charge in [0.25, 0.3) is 0 Å². The Bertz CT molecular complexity index is 525. The fourth-order valence-corrected chi connectivity index (χ4v) is 1.79. The van der Waals surface area contributed by atoms with Crippen molar-refractivity contribution in [3.05, 3.63) is 41.7 Å². The summed E-state index contributed by atoms with van der Waals surface area (Å²) >= 11 is 1.34. The van der Waals surface area contributed by atoms with Crippen LogP contribution < -0.4 is 0 Å². The predicted octanol–water partition coefficient (Wildman–Crippen LogP) is 2.03. The van der Waals surface area contributed by atoms with Gasteiger partial charge < -0.3 is 5.11 Å². The third kappa shape index (κ3) is 3.01. The van der Waals surface area contributed by atoms with Gasteiger partial charge in [-0.05, 0) is 43.0 Å². The summed E-state index contributed by atoms with van der Waals surface area (Å²) in [6, 6.07) is 6.87. The number of hydrogen-bond acceptors (Lipinski definition) is 5. The van der Waals surface area contributed by atoms with E-state index in [2.05, 4.69) is 15.2 Å². The molecule has 0 fully saturated rings. The predicted molar refractivity (Wildman–Crippen MR) is 62.1 cm³/mol. The monoisotopic (exact) mass is 247 g/mol. The molecule has 0 amide bonds. The topological polar surface area (TPSA) is 76.0 Å². The summed E-state index contributed by atoms with van der Waals surface area (Å²) in [5, 5.41) is 18.1. The molecule has 2 aromatic heterocycles. The Balaban J connectivity index is 2.13. The number of nitrogens with zero attached hydrogens (tertiary/aromatic N) is 3. The number of hydrogen-bond donors (Lipinski definition) is 1. The van der Waals surface area contributed by atoms with Crippen molar-refractivity contribution in [1.29, 1.82) is 0 Å². The summed E-state index contributed by atoms with van der Waals surface area (Å²) in [5.41, 5.74) is 1.02. The lowest BCUT2D eigenvalue weighted by Crippen LogP contribution is -1.96. The Labute approximate surface area is 102 Å². The van der Waals surface area contributed by atoms with Crippen LogP contribution in [-0.4, -0.2) is 26.3 Å². The van der Waals surface area contributed by atoms with E-state index in [0.717, 1.165) is 10.7 Å². The number of rotatable bonds is 3. The number of aromatic carboxylic acids is 1. The van der Waals surface area contributed by atoms with Crippen molar-refractivity contribution in [3.8, 4) is 0 Å². The van der Waals surface area contributed by atoms with Gasteiger partial charge >= 0.3 is 5.97 Å². The van der Waals surface area contributed by atoms with Crippen LogP contribution in [0.5, 0.6) is 0 Å². The average molecular weight is 247 g/mol. The Morgan fingerprint density at radius 1 is 1.18 bits per heavy atom. The van der Waals surface area contributed by atoms with Crippen molar-refractivity contribution >= 4 is 17.7 Å². The molecule has 2 aromatic rings. The van der Waals surface area contributed by atoms with Crippen LogP contribution in [0.2, 0.25) is 0 Å². The summed E-state index contributed by atoms with van der Waals surface area (Å²) in [7, 11) is 0. The first kappa shape index (κ1) is 11.5. The van der Waals surface area contributed by atoms with Crippen molar-refractivity contribution in [2.75, 3.05) is 0 Å².